The van der Waals surface area contributed by atoms with Gasteiger partial charge in [-0.15, -0.1) is 0 Å². The van der Waals surface area contributed by atoms with E-state index in [1.54, 1.807) is 56.5 Å². The van der Waals surface area contributed by atoms with Crippen LogP contribution in [0, 0.1) is 13.8 Å². The zero-order valence-corrected chi connectivity index (χ0v) is 20.4. The summed E-state index contributed by atoms with van der Waals surface area (Å²) < 4.78 is 10.5. The van der Waals surface area contributed by atoms with Crippen molar-refractivity contribution in [3.63, 3.8) is 0 Å². The number of phenols is 1. The van der Waals surface area contributed by atoms with E-state index in [9.17, 15) is 19.8 Å². The molecule has 8 heteroatoms. The maximum atomic E-state index is 13.3. The lowest BCUT2D eigenvalue weighted by molar-refractivity contribution is -0.132. The summed E-state index contributed by atoms with van der Waals surface area (Å²) in [6.45, 7) is 3.60. The van der Waals surface area contributed by atoms with Gasteiger partial charge in [0.05, 0.1) is 25.8 Å². The smallest absolute Gasteiger partial charge is 0.300 e. The molecule has 0 bridgehead atoms. The van der Waals surface area contributed by atoms with E-state index in [-0.39, 0.29) is 22.8 Å². The number of hydrogen-bond acceptors (Lipinski definition) is 6. The van der Waals surface area contributed by atoms with Gasteiger partial charge in [-0.1, -0.05) is 17.7 Å². The van der Waals surface area contributed by atoms with Crippen molar-refractivity contribution in [2.75, 3.05) is 19.1 Å². The molecule has 1 amide bonds. The number of nitrogens with zero attached hydrogens (tertiary/aromatic N) is 1. The van der Waals surface area contributed by atoms with Crippen LogP contribution in [0.15, 0.2) is 60.2 Å². The zero-order valence-electron chi connectivity index (χ0n) is 19.6. The van der Waals surface area contributed by atoms with Crippen LogP contribution in [0.5, 0.6) is 17.2 Å². The van der Waals surface area contributed by atoms with Gasteiger partial charge in [-0.3, -0.25) is 14.5 Å². The molecule has 1 unspecified atom stereocenters. The number of aliphatic hydroxyl groups is 1. The second-order valence-corrected chi connectivity index (χ2v) is 8.65. The number of rotatable bonds is 5. The zero-order chi connectivity index (χ0) is 25.4. The van der Waals surface area contributed by atoms with Crippen molar-refractivity contribution in [3.8, 4) is 17.2 Å². The van der Waals surface area contributed by atoms with Gasteiger partial charge in [0, 0.05) is 16.3 Å². The minimum Gasteiger partial charge on any atom is -0.507 e. The molecule has 0 spiro atoms. The molecule has 3 aromatic carbocycles. The lowest BCUT2D eigenvalue weighted by Crippen LogP contribution is -2.29. The monoisotopic (exact) mass is 493 g/mol. The number of ketones is 1. The van der Waals surface area contributed by atoms with Crippen molar-refractivity contribution in [1.82, 2.24) is 0 Å². The second kappa shape index (κ2) is 9.35. The summed E-state index contributed by atoms with van der Waals surface area (Å²) in [6, 6.07) is 13.5. The summed E-state index contributed by atoms with van der Waals surface area (Å²) in [5.74, 6) is -1.26. The number of aliphatic hydroxyl groups excluding tert-OH is 1. The van der Waals surface area contributed by atoms with Crippen LogP contribution in [0.4, 0.5) is 5.69 Å². The van der Waals surface area contributed by atoms with Crippen LogP contribution >= 0.6 is 11.6 Å². The third-order valence-corrected chi connectivity index (χ3v) is 6.32. The first-order valence-electron chi connectivity index (χ1n) is 10.8. The number of Topliss-reactive ketones (excluding diaryl/α,β-unsaturated/α-hetero) is 1. The van der Waals surface area contributed by atoms with Gasteiger partial charge in [0.25, 0.3) is 11.7 Å². The molecule has 1 fully saturated rings. The van der Waals surface area contributed by atoms with Crippen molar-refractivity contribution in [2.24, 2.45) is 0 Å². The van der Waals surface area contributed by atoms with Gasteiger partial charge in [0.15, 0.2) is 11.5 Å². The first-order chi connectivity index (χ1) is 16.7. The molecule has 1 heterocycles. The minimum absolute atomic E-state index is 0.0952. The summed E-state index contributed by atoms with van der Waals surface area (Å²) in [5, 5.41) is 22.3. The van der Waals surface area contributed by atoms with E-state index >= 15 is 0 Å². The van der Waals surface area contributed by atoms with Gasteiger partial charge < -0.3 is 19.7 Å². The van der Waals surface area contributed by atoms with Gasteiger partial charge in [0.1, 0.15) is 11.5 Å². The molecule has 1 aliphatic heterocycles. The largest absolute Gasteiger partial charge is 0.507 e. The SMILES string of the molecule is COc1cc(C)c(/C(O)=C2\C(=O)C(=O)N(c3ccc(Cl)cc3)C2c2ccc(OC)c(O)c2)cc1C. The Morgan fingerprint density at radius 2 is 1.57 bits per heavy atom. The number of aromatic hydroxyl groups is 1. The summed E-state index contributed by atoms with van der Waals surface area (Å²) in [5.41, 5.74) is 2.56. The molecule has 4 rings (SSSR count). The Hall–Kier alpha value is -3.97. The molecule has 0 saturated carbocycles. The highest BCUT2D eigenvalue weighted by Crippen LogP contribution is 2.44. The molecule has 1 saturated heterocycles. The minimum atomic E-state index is -1.00. The maximum absolute atomic E-state index is 13.3. The van der Waals surface area contributed by atoms with E-state index in [4.69, 9.17) is 21.1 Å². The van der Waals surface area contributed by atoms with Gasteiger partial charge in [-0.05, 0) is 79.1 Å². The predicted molar refractivity (Wildman–Crippen MR) is 133 cm³/mol. The third kappa shape index (κ3) is 4.19. The fourth-order valence-electron chi connectivity index (χ4n) is 4.30. The van der Waals surface area contributed by atoms with Crippen molar-refractivity contribution in [3.05, 3.63) is 87.4 Å². The molecule has 0 aliphatic carbocycles. The van der Waals surface area contributed by atoms with Gasteiger partial charge >= 0.3 is 0 Å². The first-order valence-corrected chi connectivity index (χ1v) is 11.1. The normalized spacial score (nSPS) is 17.1. The lowest BCUT2D eigenvalue weighted by atomic mass is 9.92. The van der Waals surface area contributed by atoms with Crippen molar-refractivity contribution < 1.29 is 29.3 Å². The third-order valence-electron chi connectivity index (χ3n) is 6.06. The quantitative estimate of drug-likeness (QED) is 0.284. The van der Waals surface area contributed by atoms with E-state index in [2.05, 4.69) is 0 Å². The van der Waals surface area contributed by atoms with Crippen LogP contribution in [0.3, 0.4) is 0 Å². The Kier molecular flexibility index (Phi) is 6.45. The van der Waals surface area contributed by atoms with Crippen molar-refractivity contribution in [1.29, 1.82) is 0 Å². The van der Waals surface area contributed by atoms with E-state index in [1.807, 2.05) is 6.92 Å². The highest BCUT2D eigenvalue weighted by Gasteiger charge is 2.47. The number of carbonyl (C=O) groups is 2. The number of carbonyl (C=O) groups excluding carboxylic acids is 2. The number of methoxy groups -OCH3 is 2. The van der Waals surface area contributed by atoms with Crippen LogP contribution in [-0.4, -0.2) is 36.1 Å². The average molecular weight is 494 g/mol. The van der Waals surface area contributed by atoms with Crippen LogP contribution < -0.4 is 14.4 Å². The van der Waals surface area contributed by atoms with Crippen LogP contribution in [0.1, 0.15) is 28.3 Å². The van der Waals surface area contributed by atoms with E-state index in [0.717, 1.165) is 5.56 Å². The summed E-state index contributed by atoms with van der Waals surface area (Å²) in [6.07, 6.45) is 0. The molecule has 35 heavy (non-hydrogen) atoms. The van der Waals surface area contributed by atoms with Gasteiger partial charge in [-0.2, -0.15) is 0 Å². The number of ether oxygens (including phenoxy) is 2. The number of hydrogen-bond donors (Lipinski definition) is 2. The fraction of sp³-hybridized carbons (Fsp3) is 0.185. The number of aryl methyl sites for hydroxylation is 2. The van der Waals surface area contributed by atoms with Crippen molar-refractivity contribution >= 4 is 34.7 Å². The molecule has 0 aromatic heterocycles. The van der Waals surface area contributed by atoms with E-state index in [0.29, 0.717) is 33.1 Å². The topological polar surface area (TPSA) is 96.3 Å². The number of amides is 1. The molecule has 7 nitrogen and oxygen atoms in total. The van der Waals surface area contributed by atoms with Crippen molar-refractivity contribution in [2.45, 2.75) is 19.9 Å². The second-order valence-electron chi connectivity index (χ2n) is 8.21. The molecular formula is C27H24ClNO6. The summed E-state index contributed by atoms with van der Waals surface area (Å²) in [4.78, 5) is 27.9. The molecule has 0 radical (unpaired) electrons. The van der Waals surface area contributed by atoms with Crippen LogP contribution in [0.2, 0.25) is 5.02 Å². The number of phenolic OH excluding ortho intramolecular Hbond substituents is 1. The molecular weight excluding hydrogens is 470 g/mol. The average Bonchev–Trinajstić information content (AvgIpc) is 3.10. The fourth-order valence-corrected chi connectivity index (χ4v) is 4.43. The Labute approximate surface area is 207 Å². The Bertz CT molecular complexity index is 1360. The van der Waals surface area contributed by atoms with Crippen LogP contribution in [0.25, 0.3) is 5.76 Å². The number of anilines is 1. The summed E-state index contributed by atoms with van der Waals surface area (Å²) in [7, 11) is 2.97. The van der Waals surface area contributed by atoms with Crippen LogP contribution in [-0.2, 0) is 9.59 Å². The molecule has 1 atom stereocenters. The van der Waals surface area contributed by atoms with Gasteiger partial charge in [-0.25, -0.2) is 0 Å². The Morgan fingerprint density at radius 3 is 2.17 bits per heavy atom. The first kappa shape index (κ1) is 24.2. The van der Waals surface area contributed by atoms with E-state index in [1.165, 1.54) is 24.1 Å². The maximum Gasteiger partial charge on any atom is 0.300 e. The van der Waals surface area contributed by atoms with E-state index < -0.39 is 17.7 Å². The Balaban J connectivity index is 1.98. The number of halogens is 1. The molecule has 180 valence electrons. The Morgan fingerprint density at radius 1 is 0.914 bits per heavy atom. The molecule has 2 N–H and O–H groups in total. The highest BCUT2D eigenvalue weighted by atomic mass is 35.5. The summed E-state index contributed by atoms with van der Waals surface area (Å²) >= 11 is 6.03. The molecule has 3 aromatic rings. The predicted octanol–water partition coefficient (Wildman–Crippen LogP) is 5.31. The number of benzene rings is 3. The standard InChI is InChI=1S/C27H24ClNO6/c1-14-12-22(35-4)15(2)11-19(14)25(31)23-24(16-5-10-21(34-3)20(30)13-16)29(27(33)26(23)32)18-8-6-17(28)7-9-18/h5-13,24,30-31H,1-4H3/b25-23+. The molecule has 1 aliphatic rings. The lowest BCUT2D eigenvalue weighted by Gasteiger charge is -2.26. The van der Waals surface area contributed by atoms with Gasteiger partial charge in [0.2, 0.25) is 0 Å². The highest BCUT2D eigenvalue weighted by molar-refractivity contribution is 6.51.